The van der Waals surface area contributed by atoms with E-state index in [4.69, 9.17) is 4.74 Å². The van der Waals surface area contributed by atoms with E-state index in [0.717, 1.165) is 45.5 Å². The molecule has 1 atom stereocenters. The van der Waals surface area contributed by atoms with E-state index < -0.39 is 11.8 Å². The maximum absolute atomic E-state index is 14.2. The lowest BCUT2D eigenvalue weighted by atomic mass is 10.0. The molecule has 0 fully saturated rings. The Labute approximate surface area is 140 Å². The van der Waals surface area contributed by atoms with E-state index in [1.54, 1.807) is 5.38 Å². The molecule has 0 spiro atoms. The number of thiophene rings is 2. The number of unbranched alkanes of at least 4 members (excludes halogenated alkanes) is 1. The summed E-state index contributed by atoms with van der Waals surface area (Å²) in [5, 5.41) is 2.22. The normalized spacial score (nSPS) is 12.8. The molecule has 6 heteroatoms. The molecule has 0 saturated carbocycles. The minimum atomic E-state index is -0.541. The van der Waals surface area contributed by atoms with E-state index in [1.807, 2.05) is 0 Å². The first-order valence-corrected chi connectivity index (χ1v) is 9.59. The van der Waals surface area contributed by atoms with E-state index in [9.17, 15) is 9.18 Å². The van der Waals surface area contributed by atoms with Crippen LogP contribution < -0.4 is 0 Å². The summed E-state index contributed by atoms with van der Waals surface area (Å²) >= 11 is 5.96. The largest absolute Gasteiger partial charge is 0.461 e. The van der Waals surface area contributed by atoms with Crippen molar-refractivity contribution >= 4 is 54.7 Å². The van der Waals surface area contributed by atoms with E-state index in [0.29, 0.717) is 17.9 Å². The second-order valence-corrected chi connectivity index (χ2v) is 8.23. The number of rotatable bonds is 7. The number of hydrogen-bond donors (Lipinski definition) is 0. The third-order valence-corrected chi connectivity index (χ3v) is 6.81. The third-order valence-electron chi connectivity index (χ3n) is 3.52. The number of esters is 1. The van der Waals surface area contributed by atoms with Crippen LogP contribution in [0.3, 0.4) is 0 Å². The van der Waals surface area contributed by atoms with Gasteiger partial charge in [0.15, 0.2) is 5.82 Å². The Balaban J connectivity index is 2.03. The van der Waals surface area contributed by atoms with Gasteiger partial charge in [-0.1, -0.05) is 33.1 Å². The number of carbonyl (C=O) groups is 1. The van der Waals surface area contributed by atoms with Crippen molar-refractivity contribution in [2.24, 2.45) is 5.92 Å². The van der Waals surface area contributed by atoms with Crippen LogP contribution in [0.4, 0.5) is 4.39 Å². The van der Waals surface area contributed by atoms with Gasteiger partial charge in [0, 0.05) is 10.8 Å². The van der Waals surface area contributed by atoms with E-state index in [-0.39, 0.29) is 4.88 Å². The maximum atomic E-state index is 14.2. The number of hydrogen-bond acceptors (Lipinski definition) is 4. The minimum Gasteiger partial charge on any atom is -0.461 e. The summed E-state index contributed by atoms with van der Waals surface area (Å²) in [7, 11) is 0. The van der Waals surface area contributed by atoms with Crippen molar-refractivity contribution in [1.82, 2.24) is 0 Å². The van der Waals surface area contributed by atoms with Crippen LogP contribution in [0, 0.1) is 11.7 Å². The van der Waals surface area contributed by atoms with Crippen LogP contribution in [0.15, 0.2) is 9.17 Å². The van der Waals surface area contributed by atoms with E-state index in [2.05, 4.69) is 29.8 Å². The number of ether oxygens (including phenoxy) is 1. The predicted molar refractivity (Wildman–Crippen MR) is 90.9 cm³/mol. The van der Waals surface area contributed by atoms with Crippen molar-refractivity contribution in [2.75, 3.05) is 6.61 Å². The molecular formula is C15H18BrFO2S2. The summed E-state index contributed by atoms with van der Waals surface area (Å²) in [5.41, 5.74) is 0. The van der Waals surface area contributed by atoms with Gasteiger partial charge in [-0.25, -0.2) is 9.18 Å². The molecule has 0 amide bonds. The number of carbonyl (C=O) groups excluding carboxylic acids is 1. The molecule has 1 unspecified atom stereocenters. The molecule has 0 saturated heterocycles. The highest BCUT2D eigenvalue weighted by molar-refractivity contribution is 9.11. The molecule has 0 aliphatic heterocycles. The van der Waals surface area contributed by atoms with Crippen molar-refractivity contribution in [2.45, 2.75) is 39.5 Å². The van der Waals surface area contributed by atoms with Crippen LogP contribution in [0.1, 0.15) is 49.2 Å². The van der Waals surface area contributed by atoms with Gasteiger partial charge in [-0.2, -0.15) is 0 Å². The molecule has 2 heterocycles. The first-order chi connectivity index (χ1) is 10.1. The molecule has 116 valence electrons. The average Bonchev–Trinajstić information content (AvgIpc) is 3.00. The van der Waals surface area contributed by atoms with Crippen molar-refractivity contribution in [3.05, 3.63) is 19.9 Å². The van der Waals surface area contributed by atoms with Crippen LogP contribution in [-0.4, -0.2) is 12.6 Å². The second kappa shape index (κ2) is 7.70. The number of fused-ring (bicyclic) bond motifs is 1. The van der Waals surface area contributed by atoms with Gasteiger partial charge in [0.25, 0.3) is 0 Å². The van der Waals surface area contributed by atoms with Gasteiger partial charge in [-0.05, 0) is 28.3 Å². The van der Waals surface area contributed by atoms with Gasteiger partial charge in [0.05, 0.1) is 15.1 Å². The van der Waals surface area contributed by atoms with Gasteiger partial charge in [0.2, 0.25) is 0 Å². The fourth-order valence-electron chi connectivity index (χ4n) is 2.13. The zero-order valence-electron chi connectivity index (χ0n) is 12.1. The fourth-order valence-corrected chi connectivity index (χ4v) is 4.75. The lowest BCUT2D eigenvalue weighted by Gasteiger charge is -2.14. The zero-order chi connectivity index (χ0) is 15.4. The molecule has 0 N–H and O–H groups in total. The van der Waals surface area contributed by atoms with Crippen LogP contribution >= 0.6 is 38.6 Å². The third kappa shape index (κ3) is 3.85. The molecule has 2 aromatic heterocycles. The smallest absolute Gasteiger partial charge is 0.351 e. The second-order valence-electron chi connectivity index (χ2n) is 5.01. The molecule has 0 radical (unpaired) electrons. The minimum absolute atomic E-state index is 0.0823. The first-order valence-electron chi connectivity index (χ1n) is 7.10. The first kappa shape index (κ1) is 16.9. The van der Waals surface area contributed by atoms with Crippen molar-refractivity contribution in [1.29, 1.82) is 0 Å². The molecule has 0 aromatic carbocycles. The van der Waals surface area contributed by atoms with Gasteiger partial charge in [-0.3, -0.25) is 0 Å². The number of halogens is 2. The lowest BCUT2D eigenvalue weighted by molar-refractivity contribution is 0.0429. The highest BCUT2D eigenvalue weighted by atomic mass is 79.9. The van der Waals surface area contributed by atoms with Gasteiger partial charge >= 0.3 is 5.97 Å². The Bertz CT molecular complexity index is 620. The lowest BCUT2D eigenvalue weighted by Crippen LogP contribution is -2.14. The predicted octanol–water partition coefficient (Wildman–Crippen LogP) is 6.24. The summed E-state index contributed by atoms with van der Waals surface area (Å²) in [6.07, 6.45) is 4.29. The Hall–Kier alpha value is -0.460. The quantitative estimate of drug-likeness (QED) is 0.521. The molecule has 2 aromatic rings. The average molecular weight is 393 g/mol. The van der Waals surface area contributed by atoms with Gasteiger partial charge in [0.1, 0.15) is 4.88 Å². The molecule has 0 bridgehead atoms. The summed E-state index contributed by atoms with van der Waals surface area (Å²) in [6.45, 7) is 4.61. The van der Waals surface area contributed by atoms with Crippen LogP contribution in [0.2, 0.25) is 0 Å². The molecule has 0 aliphatic carbocycles. The summed E-state index contributed by atoms with van der Waals surface area (Å²) in [4.78, 5) is 12.2. The molecule has 21 heavy (non-hydrogen) atoms. The van der Waals surface area contributed by atoms with Gasteiger partial charge in [-0.15, -0.1) is 22.7 Å². The monoisotopic (exact) mass is 392 g/mol. The Kier molecular flexibility index (Phi) is 6.20. The summed E-state index contributed by atoms with van der Waals surface area (Å²) < 4.78 is 21.2. The summed E-state index contributed by atoms with van der Waals surface area (Å²) in [6, 6.07) is 0. The molecule has 0 aliphatic rings. The molecule has 2 nitrogen and oxygen atoms in total. The Morgan fingerprint density at radius 1 is 1.48 bits per heavy atom. The SMILES string of the molecule is CCCCC(CC)COC(=O)c1sc2c(Br)scc2c1F. The summed E-state index contributed by atoms with van der Waals surface area (Å²) in [5.74, 6) is -0.631. The van der Waals surface area contributed by atoms with Crippen molar-refractivity contribution in [3.8, 4) is 0 Å². The van der Waals surface area contributed by atoms with E-state index >= 15 is 0 Å². The van der Waals surface area contributed by atoms with Crippen molar-refractivity contribution < 1.29 is 13.9 Å². The topological polar surface area (TPSA) is 26.3 Å². The highest BCUT2D eigenvalue weighted by Crippen LogP contribution is 2.39. The Morgan fingerprint density at radius 3 is 2.86 bits per heavy atom. The highest BCUT2D eigenvalue weighted by Gasteiger charge is 2.23. The maximum Gasteiger partial charge on any atom is 0.351 e. The standard InChI is InChI=1S/C15H18BrFO2S2/c1-3-5-6-9(4-2)7-19-15(18)13-11(17)10-8-20-14(16)12(10)21-13/h8-9H,3-7H2,1-2H3. The zero-order valence-corrected chi connectivity index (χ0v) is 15.3. The Morgan fingerprint density at radius 2 is 2.24 bits per heavy atom. The van der Waals surface area contributed by atoms with Crippen LogP contribution in [-0.2, 0) is 4.74 Å². The fraction of sp³-hybridized carbons (Fsp3) is 0.533. The van der Waals surface area contributed by atoms with Crippen molar-refractivity contribution in [3.63, 3.8) is 0 Å². The molecular weight excluding hydrogens is 375 g/mol. The van der Waals surface area contributed by atoms with Crippen LogP contribution in [0.25, 0.3) is 10.1 Å². The molecule has 2 rings (SSSR count). The van der Waals surface area contributed by atoms with Crippen LogP contribution in [0.5, 0.6) is 0 Å². The van der Waals surface area contributed by atoms with Gasteiger partial charge < -0.3 is 4.74 Å². The van der Waals surface area contributed by atoms with E-state index in [1.165, 1.54) is 11.3 Å².